The number of hydrogen-bond acceptors (Lipinski definition) is 7. The highest BCUT2D eigenvalue weighted by Gasteiger charge is 2.09. The van der Waals surface area contributed by atoms with E-state index in [9.17, 15) is 5.11 Å². The van der Waals surface area contributed by atoms with Crippen LogP contribution in [0.25, 0.3) is 0 Å². The summed E-state index contributed by atoms with van der Waals surface area (Å²) in [6.07, 6.45) is 3.07. The summed E-state index contributed by atoms with van der Waals surface area (Å²) in [5.74, 6) is 1.62. The summed E-state index contributed by atoms with van der Waals surface area (Å²) in [5, 5.41) is 13.3. The number of nitrogens with one attached hydrogen (secondary N) is 1. The van der Waals surface area contributed by atoms with Crippen molar-refractivity contribution >= 4 is 11.6 Å². The van der Waals surface area contributed by atoms with Crippen molar-refractivity contribution in [1.29, 1.82) is 0 Å². The van der Waals surface area contributed by atoms with Crippen molar-refractivity contribution in [1.82, 2.24) is 15.3 Å². The quantitative estimate of drug-likeness (QED) is 0.618. The van der Waals surface area contributed by atoms with Crippen molar-refractivity contribution in [3.05, 3.63) is 41.3 Å². The Bertz CT molecular complexity index is 672. The van der Waals surface area contributed by atoms with E-state index in [1.807, 2.05) is 18.2 Å². The molecule has 2 N–H and O–H groups in total. The maximum Gasteiger partial charge on any atom is 0.252 e. The Labute approximate surface area is 151 Å². The number of methoxy groups -OCH3 is 2. The summed E-state index contributed by atoms with van der Waals surface area (Å²) in [4.78, 5) is 7.80. The second-order valence-corrected chi connectivity index (χ2v) is 5.62. The first kappa shape index (κ1) is 19.2. The molecule has 0 saturated carbocycles. The van der Waals surface area contributed by atoms with Crippen LogP contribution in [-0.2, 0) is 6.42 Å². The number of aliphatic hydroxyl groups excluding tert-OH is 1. The molecule has 8 heteroatoms. The predicted molar refractivity (Wildman–Crippen MR) is 94.7 cm³/mol. The maximum atomic E-state index is 9.93. The van der Waals surface area contributed by atoms with E-state index in [1.54, 1.807) is 14.2 Å². The molecule has 2 aromatic rings. The van der Waals surface area contributed by atoms with Crippen molar-refractivity contribution in [2.75, 3.05) is 33.9 Å². The smallest absolute Gasteiger partial charge is 0.252 e. The van der Waals surface area contributed by atoms with Gasteiger partial charge in [-0.25, -0.2) is 9.97 Å². The van der Waals surface area contributed by atoms with Gasteiger partial charge in [-0.3, -0.25) is 0 Å². The third kappa shape index (κ3) is 6.04. The molecule has 1 aromatic heterocycles. The van der Waals surface area contributed by atoms with Gasteiger partial charge in [-0.2, -0.15) is 0 Å². The molecule has 1 atom stereocenters. The van der Waals surface area contributed by atoms with Crippen LogP contribution in [0.5, 0.6) is 17.4 Å². The van der Waals surface area contributed by atoms with Crippen LogP contribution in [0.15, 0.2) is 30.6 Å². The van der Waals surface area contributed by atoms with Gasteiger partial charge in [-0.15, -0.1) is 0 Å². The lowest BCUT2D eigenvalue weighted by molar-refractivity contribution is 0.104. The van der Waals surface area contributed by atoms with Gasteiger partial charge in [-0.05, 0) is 30.7 Å². The van der Waals surface area contributed by atoms with Gasteiger partial charge in [0, 0.05) is 18.9 Å². The van der Waals surface area contributed by atoms with Crippen molar-refractivity contribution in [3.8, 4) is 17.4 Å². The Balaban J connectivity index is 1.69. The van der Waals surface area contributed by atoms with E-state index in [4.69, 9.17) is 25.8 Å². The van der Waals surface area contributed by atoms with Crippen LogP contribution in [0.3, 0.4) is 0 Å². The van der Waals surface area contributed by atoms with E-state index in [1.165, 1.54) is 12.4 Å². The van der Waals surface area contributed by atoms with Gasteiger partial charge < -0.3 is 24.6 Å². The fraction of sp³-hybridized carbons (Fsp3) is 0.412. The molecule has 1 unspecified atom stereocenters. The van der Waals surface area contributed by atoms with E-state index in [0.29, 0.717) is 24.6 Å². The molecule has 1 heterocycles. The fourth-order valence-corrected chi connectivity index (χ4v) is 2.34. The molecular formula is C17H22ClN3O4. The van der Waals surface area contributed by atoms with Crippen LogP contribution >= 0.6 is 11.6 Å². The molecule has 2 rings (SSSR count). The number of aromatic nitrogens is 2. The van der Waals surface area contributed by atoms with Crippen molar-refractivity contribution < 1.29 is 19.3 Å². The minimum atomic E-state index is -0.677. The van der Waals surface area contributed by atoms with Crippen molar-refractivity contribution in [2.24, 2.45) is 0 Å². The van der Waals surface area contributed by atoms with Crippen molar-refractivity contribution in [2.45, 2.75) is 12.5 Å². The van der Waals surface area contributed by atoms with Crippen LogP contribution < -0.4 is 19.5 Å². The van der Waals surface area contributed by atoms with E-state index in [-0.39, 0.29) is 17.6 Å². The maximum absolute atomic E-state index is 9.93. The minimum absolute atomic E-state index is 0.0851. The molecular weight excluding hydrogens is 346 g/mol. The number of halogens is 1. The zero-order valence-corrected chi connectivity index (χ0v) is 15.0. The highest BCUT2D eigenvalue weighted by molar-refractivity contribution is 6.30. The lowest BCUT2D eigenvalue weighted by atomic mass is 10.1. The van der Waals surface area contributed by atoms with Gasteiger partial charge in [0.25, 0.3) is 5.88 Å². The van der Waals surface area contributed by atoms with Gasteiger partial charge in [0.1, 0.15) is 12.7 Å². The highest BCUT2D eigenvalue weighted by Crippen LogP contribution is 2.27. The normalized spacial score (nSPS) is 11.8. The highest BCUT2D eigenvalue weighted by atomic mass is 35.5. The third-order valence-electron chi connectivity index (χ3n) is 3.45. The number of rotatable bonds is 10. The molecule has 1 aromatic carbocycles. The molecule has 0 aliphatic carbocycles. The van der Waals surface area contributed by atoms with Gasteiger partial charge in [-0.1, -0.05) is 17.7 Å². The van der Waals surface area contributed by atoms with Crippen molar-refractivity contribution in [3.63, 3.8) is 0 Å². The van der Waals surface area contributed by atoms with E-state index >= 15 is 0 Å². The topological polar surface area (TPSA) is 85.7 Å². The lowest BCUT2D eigenvalue weighted by Crippen LogP contribution is -2.32. The molecule has 0 aliphatic heterocycles. The summed E-state index contributed by atoms with van der Waals surface area (Å²) in [6, 6.07) is 5.80. The summed E-state index contributed by atoms with van der Waals surface area (Å²) in [7, 11) is 3.22. The molecule has 0 fully saturated rings. The summed E-state index contributed by atoms with van der Waals surface area (Å²) in [6.45, 7) is 1.19. The third-order valence-corrected chi connectivity index (χ3v) is 3.71. The first-order chi connectivity index (χ1) is 12.1. The van der Waals surface area contributed by atoms with Crippen LogP contribution in [0.1, 0.15) is 5.56 Å². The van der Waals surface area contributed by atoms with Crippen LogP contribution in [0, 0.1) is 0 Å². The zero-order chi connectivity index (χ0) is 18.1. The number of aliphatic hydroxyl groups is 1. The number of hydrogen-bond donors (Lipinski definition) is 2. The first-order valence-electron chi connectivity index (χ1n) is 7.83. The molecule has 0 bridgehead atoms. The number of nitrogens with zero attached hydrogens (tertiary/aromatic N) is 2. The van der Waals surface area contributed by atoms with Gasteiger partial charge in [0.15, 0.2) is 16.7 Å². The zero-order valence-electron chi connectivity index (χ0n) is 14.2. The molecule has 0 saturated heterocycles. The summed E-state index contributed by atoms with van der Waals surface area (Å²) >= 11 is 5.83. The Morgan fingerprint density at radius 2 is 1.92 bits per heavy atom. The molecule has 0 spiro atoms. The Morgan fingerprint density at radius 1 is 1.16 bits per heavy atom. The Kier molecular flexibility index (Phi) is 7.72. The van der Waals surface area contributed by atoms with Crippen LogP contribution in [0.4, 0.5) is 0 Å². The minimum Gasteiger partial charge on any atom is -0.493 e. The standard InChI is InChI=1S/C17H22ClN3O4/c1-23-14-4-3-12(9-15(14)24-2)5-6-19-10-13(22)11-25-17-16(18)20-7-8-21-17/h3-4,7-9,13,19,22H,5-6,10-11H2,1-2H3. The van der Waals surface area contributed by atoms with E-state index in [0.717, 1.165) is 12.0 Å². The van der Waals surface area contributed by atoms with E-state index in [2.05, 4.69) is 15.3 Å². The van der Waals surface area contributed by atoms with Crippen LogP contribution in [-0.4, -0.2) is 55.1 Å². The second-order valence-electron chi connectivity index (χ2n) is 5.26. The van der Waals surface area contributed by atoms with Gasteiger partial charge >= 0.3 is 0 Å². The Hall–Kier alpha value is -2.09. The lowest BCUT2D eigenvalue weighted by Gasteiger charge is -2.13. The van der Waals surface area contributed by atoms with E-state index < -0.39 is 6.10 Å². The van der Waals surface area contributed by atoms with Gasteiger partial charge in [0.05, 0.1) is 14.2 Å². The molecule has 25 heavy (non-hydrogen) atoms. The molecule has 7 nitrogen and oxygen atoms in total. The first-order valence-corrected chi connectivity index (χ1v) is 8.20. The Morgan fingerprint density at radius 3 is 2.64 bits per heavy atom. The largest absolute Gasteiger partial charge is 0.493 e. The average molecular weight is 368 g/mol. The molecule has 0 amide bonds. The van der Waals surface area contributed by atoms with Crippen LogP contribution in [0.2, 0.25) is 5.15 Å². The SMILES string of the molecule is COc1ccc(CCNCC(O)COc2nccnc2Cl)cc1OC. The number of ether oxygens (including phenoxy) is 3. The predicted octanol–water partition coefficient (Wildman–Crippen LogP) is 1.72. The van der Waals surface area contributed by atoms with Gasteiger partial charge in [0.2, 0.25) is 0 Å². The number of benzene rings is 1. The summed E-state index contributed by atoms with van der Waals surface area (Å²) < 4.78 is 15.8. The molecule has 136 valence electrons. The average Bonchev–Trinajstić information content (AvgIpc) is 2.64. The fourth-order valence-electron chi connectivity index (χ4n) is 2.18. The molecule has 0 aliphatic rings. The summed E-state index contributed by atoms with van der Waals surface area (Å²) in [5.41, 5.74) is 1.11. The monoisotopic (exact) mass is 367 g/mol. The second kappa shape index (κ2) is 10.0. The molecule has 0 radical (unpaired) electrons.